The number of aromatic nitrogens is 3. The number of allylic oxidation sites excluding steroid dienone is 1. The molecular formula is C17H22N4OS. The zero-order valence-electron chi connectivity index (χ0n) is 14.0. The van der Waals surface area contributed by atoms with E-state index in [0.717, 1.165) is 27.8 Å². The predicted molar refractivity (Wildman–Crippen MR) is 94.8 cm³/mol. The molecule has 2 aromatic rings. The van der Waals surface area contributed by atoms with E-state index in [0.29, 0.717) is 6.54 Å². The molecule has 6 heteroatoms. The molecule has 1 N–H and O–H groups in total. The normalized spacial score (nSPS) is 12.0. The molecule has 5 nitrogen and oxygen atoms in total. The maximum atomic E-state index is 12.5. The van der Waals surface area contributed by atoms with Gasteiger partial charge in [0.15, 0.2) is 5.16 Å². The van der Waals surface area contributed by atoms with E-state index in [1.54, 1.807) is 6.08 Å². The second kappa shape index (κ2) is 7.46. The summed E-state index contributed by atoms with van der Waals surface area (Å²) in [5.74, 6) is 0.771. The van der Waals surface area contributed by atoms with Crippen LogP contribution >= 0.6 is 11.8 Å². The van der Waals surface area contributed by atoms with Crippen molar-refractivity contribution in [3.05, 3.63) is 47.8 Å². The number of anilines is 1. The molecule has 1 heterocycles. The largest absolute Gasteiger partial charge is 0.325 e. The molecule has 1 amide bonds. The topological polar surface area (TPSA) is 59.8 Å². The van der Waals surface area contributed by atoms with Crippen LogP contribution in [0.3, 0.4) is 0 Å². The van der Waals surface area contributed by atoms with Gasteiger partial charge in [0.1, 0.15) is 5.82 Å². The van der Waals surface area contributed by atoms with Crippen molar-refractivity contribution in [3.63, 3.8) is 0 Å². The van der Waals surface area contributed by atoms with E-state index in [-0.39, 0.29) is 11.2 Å². The third-order valence-electron chi connectivity index (χ3n) is 3.59. The predicted octanol–water partition coefficient (Wildman–Crippen LogP) is 3.51. The second-order valence-electron chi connectivity index (χ2n) is 5.45. The Morgan fingerprint density at radius 3 is 2.61 bits per heavy atom. The van der Waals surface area contributed by atoms with E-state index in [1.165, 1.54) is 11.8 Å². The number of hydrogen-bond donors (Lipinski definition) is 1. The molecule has 23 heavy (non-hydrogen) atoms. The summed E-state index contributed by atoms with van der Waals surface area (Å²) < 4.78 is 1.94. The molecule has 0 aliphatic rings. The molecular weight excluding hydrogens is 308 g/mol. The van der Waals surface area contributed by atoms with Crippen molar-refractivity contribution in [2.24, 2.45) is 0 Å². The number of rotatable bonds is 6. The minimum absolute atomic E-state index is 0.0433. The van der Waals surface area contributed by atoms with Gasteiger partial charge < -0.3 is 9.88 Å². The number of carbonyl (C=O) groups is 1. The number of carbonyl (C=O) groups excluding carboxylic acids is 1. The molecule has 0 fully saturated rings. The fourth-order valence-electron chi connectivity index (χ4n) is 2.24. The van der Waals surface area contributed by atoms with Gasteiger partial charge in [0, 0.05) is 12.2 Å². The fraction of sp³-hybridized carbons (Fsp3) is 0.353. The molecule has 1 aromatic heterocycles. The van der Waals surface area contributed by atoms with Gasteiger partial charge in [0.25, 0.3) is 0 Å². The summed E-state index contributed by atoms with van der Waals surface area (Å²) in [4.78, 5) is 12.5. The summed E-state index contributed by atoms with van der Waals surface area (Å²) in [6.07, 6.45) is 1.79. The Kier molecular flexibility index (Phi) is 5.60. The Balaban J connectivity index is 2.10. The van der Waals surface area contributed by atoms with Gasteiger partial charge in [-0.15, -0.1) is 16.8 Å². The first-order valence-corrected chi connectivity index (χ1v) is 8.36. The monoisotopic (exact) mass is 330 g/mol. The summed E-state index contributed by atoms with van der Waals surface area (Å²) >= 11 is 1.40. The van der Waals surface area contributed by atoms with E-state index in [4.69, 9.17) is 0 Å². The molecule has 0 bridgehead atoms. The zero-order chi connectivity index (χ0) is 17.0. The van der Waals surface area contributed by atoms with Crippen LogP contribution < -0.4 is 5.32 Å². The van der Waals surface area contributed by atoms with Crippen molar-refractivity contribution in [1.29, 1.82) is 0 Å². The van der Waals surface area contributed by atoms with Crippen LogP contribution in [0.2, 0.25) is 0 Å². The van der Waals surface area contributed by atoms with Crippen LogP contribution in [0, 0.1) is 20.8 Å². The number of benzene rings is 1. The highest BCUT2D eigenvalue weighted by Crippen LogP contribution is 2.25. The van der Waals surface area contributed by atoms with E-state index >= 15 is 0 Å². The Bertz CT molecular complexity index is 703. The van der Waals surface area contributed by atoms with Gasteiger partial charge in [-0.05, 0) is 38.8 Å². The van der Waals surface area contributed by atoms with Crippen LogP contribution in [0.4, 0.5) is 5.69 Å². The van der Waals surface area contributed by atoms with Crippen molar-refractivity contribution in [2.75, 3.05) is 5.32 Å². The first-order chi connectivity index (χ1) is 10.9. The lowest BCUT2D eigenvalue weighted by Crippen LogP contribution is -2.24. The Morgan fingerprint density at radius 2 is 2.00 bits per heavy atom. The quantitative estimate of drug-likeness (QED) is 0.650. The first-order valence-electron chi connectivity index (χ1n) is 7.48. The maximum absolute atomic E-state index is 12.5. The summed E-state index contributed by atoms with van der Waals surface area (Å²) in [6, 6.07) is 5.97. The molecule has 0 radical (unpaired) electrons. The second-order valence-corrected chi connectivity index (χ2v) is 6.75. The lowest BCUT2D eigenvalue weighted by molar-refractivity contribution is -0.115. The molecule has 122 valence electrons. The van der Waals surface area contributed by atoms with Crippen LogP contribution in [0.5, 0.6) is 0 Å². The van der Waals surface area contributed by atoms with Crippen LogP contribution in [-0.4, -0.2) is 25.9 Å². The summed E-state index contributed by atoms with van der Waals surface area (Å²) in [7, 11) is 0. The average Bonchev–Trinajstić information content (AvgIpc) is 2.84. The minimum atomic E-state index is -0.277. The van der Waals surface area contributed by atoms with Crippen molar-refractivity contribution < 1.29 is 4.79 Å². The van der Waals surface area contributed by atoms with Gasteiger partial charge in [-0.2, -0.15) is 0 Å². The molecule has 0 spiro atoms. The molecule has 1 unspecified atom stereocenters. The molecule has 1 atom stereocenters. The standard InChI is InChI=1S/C17H22N4OS/c1-6-10-21-14(5)19-20-17(21)23-13(4)16(22)18-15-11(2)8-7-9-12(15)3/h6-9,13H,1,10H2,2-5H3,(H,18,22). The molecule has 2 rings (SSSR count). The van der Waals surface area contributed by atoms with Gasteiger partial charge in [-0.1, -0.05) is 36.0 Å². The number of nitrogens with one attached hydrogen (secondary N) is 1. The van der Waals surface area contributed by atoms with Crippen LogP contribution in [-0.2, 0) is 11.3 Å². The Hall–Kier alpha value is -2.08. The van der Waals surface area contributed by atoms with E-state index < -0.39 is 0 Å². The summed E-state index contributed by atoms with van der Waals surface area (Å²) in [5.41, 5.74) is 3.00. The smallest absolute Gasteiger partial charge is 0.237 e. The van der Waals surface area contributed by atoms with Crippen molar-refractivity contribution >= 4 is 23.4 Å². The third kappa shape index (κ3) is 4.01. The average molecular weight is 330 g/mol. The molecule has 1 aromatic carbocycles. The van der Waals surface area contributed by atoms with Crippen LogP contribution in [0.15, 0.2) is 36.0 Å². The number of hydrogen-bond acceptors (Lipinski definition) is 4. The lowest BCUT2D eigenvalue weighted by Gasteiger charge is -2.15. The number of amides is 1. The number of para-hydroxylation sites is 1. The fourth-order valence-corrected chi connectivity index (χ4v) is 3.14. The number of nitrogens with zero attached hydrogens (tertiary/aromatic N) is 3. The van der Waals surface area contributed by atoms with Crippen LogP contribution in [0.25, 0.3) is 0 Å². The number of thioether (sulfide) groups is 1. The molecule has 0 saturated heterocycles. The van der Waals surface area contributed by atoms with Crippen molar-refractivity contribution in [1.82, 2.24) is 14.8 Å². The molecule has 0 aliphatic heterocycles. The SMILES string of the molecule is C=CCn1c(C)nnc1SC(C)C(=O)Nc1c(C)cccc1C. The highest BCUT2D eigenvalue weighted by molar-refractivity contribution is 8.00. The highest BCUT2D eigenvalue weighted by Gasteiger charge is 2.19. The van der Waals surface area contributed by atoms with E-state index in [9.17, 15) is 4.79 Å². The summed E-state index contributed by atoms with van der Waals surface area (Å²) in [6.45, 7) is 12.1. The van der Waals surface area contributed by atoms with E-state index in [2.05, 4.69) is 22.1 Å². The molecule has 0 saturated carbocycles. The highest BCUT2D eigenvalue weighted by atomic mass is 32.2. The van der Waals surface area contributed by atoms with Gasteiger partial charge in [0.05, 0.1) is 5.25 Å². The molecule has 0 aliphatic carbocycles. The van der Waals surface area contributed by atoms with Crippen molar-refractivity contribution in [3.8, 4) is 0 Å². The van der Waals surface area contributed by atoms with Crippen molar-refractivity contribution in [2.45, 2.75) is 44.6 Å². The lowest BCUT2D eigenvalue weighted by atomic mass is 10.1. The number of aryl methyl sites for hydroxylation is 3. The van der Waals surface area contributed by atoms with Crippen LogP contribution in [0.1, 0.15) is 23.9 Å². The Labute approximate surface area is 141 Å². The third-order valence-corrected chi connectivity index (χ3v) is 4.67. The Morgan fingerprint density at radius 1 is 1.35 bits per heavy atom. The minimum Gasteiger partial charge on any atom is -0.325 e. The van der Waals surface area contributed by atoms with E-state index in [1.807, 2.05) is 50.5 Å². The maximum Gasteiger partial charge on any atom is 0.237 e. The first kappa shape index (κ1) is 17.3. The summed E-state index contributed by atoms with van der Waals surface area (Å²) in [5, 5.41) is 11.7. The van der Waals surface area contributed by atoms with Gasteiger partial charge >= 0.3 is 0 Å². The van der Waals surface area contributed by atoms with Gasteiger partial charge in [0.2, 0.25) is 5.91 Å². The van der Waals surface area contributed by atoms with Gasteiger partial charge in [-0.25, -0.2) is 0 Å². The zero-order valence-corrected chi connectivity index (χ0v) is 14.8. The van der Waals surface area contributed by atoms with Gasteiger partial charge in [-0.3, -0.25) is 4.79 Å².